The van der Waals surface area contributed by atoms with Gasteiger partial charge in [0.1, 0.15) is 0 Å². The van der Waals surface area contributed by atoms with E-state index in [2.05, 4.69) is 14.6 Å². The molecular formula is C3H9O4SSb-2. The van der Waals surface area contributed by atoms with Gasteiger partial charge in [-0.1, -0.05) is 0 Å². The Hall–Kier alpha value is 0.688. The van der Waals surface area contributed by atoms with Gasteiger partial charge in [0.25, 0.3) is 0 Å². The molecule has 0 amide bonds. The van der Waals surface area contributed by atoms with E-state index in [0.29, 0.717) is 0 Å². The van der Waals surface area contributed by atoms with Crippen molar-refractivity contribution < 1.29 is 17.5 Å². The molecule has 0 saturated carbocycles. The van der Waals surface area contributed by atoms with Gasteiger partial charge in [-0.3, -0.25) is 8.42 Å². The van der Waals surface area contributed by atoms with Crippen LogP contribution in [0.2, 0.25) is 14.6 Å². The van der Waals surface area contributed by atoms with E-state index >= 15 is 0 Å². The summed E-state index contributed by atoms with van der Waals surface area (Å²) < 4.78 is 34.1. The molecule has 0 aliphatic carbocycles. The normalized spacial score (nSPS) is 10.4. The Morgan fingerprint density at radius 2 is 1.11 bits per heavy atom. The quantitative estimate of drug-likeness (QED) is 0.351. The van der Waals surface area contributed by atoms with Crippen molar-refractivity contribution in [2.24, 2.45) is 0 Å². The van der Waals surface area contributed by atoms with Crippen molar-refractivity contribution in [2.45, 2.75) is 14.6 Å². The number of rotatable bonds is 0. The summed E-state index contributed by atoms with van der Waals surface area (Å²) in [5, 5.41) is 0. The van der Waals surface area contributed by atoms with Crippen molar-refractivity contribution in [1.82, 2.24) is 0 Å². The molecule has 0 spiro atoms. The van der Waals surface area contributed by atoms with Crippen LogP contribution in [-0.2, 0) is 10.4 Å². The summed E-state index contributed by atoms with van der Waals surface area (Å²) in [6.45, 7) is 0. The Morgan fingerprint density at radius 1 is 1.11 bits per heavy atom. The molecule has 0 heterocycles. The van der Waals surface area contributed by atoms with E-state index in [-0.39, 0.29) is 0 Å². The van der Waals surface area contributed by atoms with Crippen LogP contribution in [0.4, 0.5) is 0 Å². The molecule has 6 heteroatoms. The van der Waals surface area contributed by atoms with Crippen LogP contribution in [0.15, 0.2) is 0 Å². The summed E-state index contributed by atoms with van der Waals surface area (Å²) in [6, 6.07) is 0. The molecule has 0 aromatic heterocycles. The predicted octanol–water partition coefficient (Wildman–Crippen LogP) is 0.0326. The van der Waals surface area contributed by atoms with Crippen LogP contribution in [0, 0.1) is 0 Å². The predicted molar refractivity (Wildman–Crippen MR) is 33.8 cm³/mol. The Morgan fingerprint density at radius 3 is 1.11 bits per heavy atom. The van der Waals surface area contributed by atoms with Crippen molar-refractivity contribution >= 4 is 30.6 Å². The third-order valence-corrected chi connectivity index (χ3v) is 0. The van der Waals surface area contributed by atoms with Crippen LogP contribution < -0.4 is 0 Å². The fourth-order valence-corrected chi connectivity index (χ4v) is 0. The van der Waals surface area contributed by atoms with Crippen molar-refractivity contribution in [2.75, 3.05) is 0 Å². The molecule has 0 aromatic carbocycles. The molecule has 0 aliphatic heterocycles. The zero-order valence-electron chi connectivity index (χ0n) is 5.49. The summed E-state index contributed by atoms with van der Waals surface area (Å²) in [6.07, 6.45) is 0. The van der Waals surface area contributed by atoms with Crippen LogP contribution in [0.5, 0.6) is 0 Å². The molecule has 0 atom stereocenters. The summed E-state index contributed by atoms with van der Waals surface area (Å²) >= 11 is -0.450. The first-order chi connectivity index (χ1) is 3.73. The number of hydrogen-bond donors (Lipinski definition) is 0. The maximum absolute atomic E-state index is 8.52. The third kappa shape index (κ3) is 821. The van der Waals surface area contributed by atoms with Gasteiger partial charge in [0.15, 0.2) is 0 Å². The molecule has 0 aliphatic rings. The van der Waals surface area contributed by atoms with Gasteiger partial charge in [-0.25, -0.2) is 0 Å². The van der Waals surface area contributed by atoms with Crippen LogP contribution in [-0.4, -0.2) is 37.7 Å². The molecule has 0 fully saturated rings. The minimum atomic E-state index is -5.17. The maximum atomic E-state index is 8.52. The van der Waals surface area contributed by atoms with Crippen molar-refractivity contribution in [3.05, 3.63) is 0 Å². The van der Waals surface area contributed by atoms with E-state index in [1.807, 2.05) is 0 Å². The van der Waals surface area contributed by atoms with Crippen molar-refractivity contribution in [1.29, 1.82) is 0 Å². The van der Waals surface area contributed by atoms with E-state index < -0.39 is 30.6 Å². The monoisotopic (exact) mass is 262 g/mol. The van der Waals surface area contributed by atoms with Crippen LogP contribution in [0.3, 0.4) is 0 Å². The van der Waals surface area contributed by atoms with E-state index in [9.17, 15) is 0 Å². The second-order valence-electron chi connectivity index (χ2n) is 1.75. The van der Waals surface area contributed by atoms with Gasteiger partial charge in [0.2, 0.25) is 0 Å². The van der Waals surface area contributed by atoms with Gasteiger partial charge in [-0.15, -0.1) is 0 Å². The van der Waals surface area contributed by atoms with Crippen molar-refractivity contribution in [3.63, 3.8) is 0 Å². The molecule has 4 nitrogen and oxygen atoms in total. The fraction of sp³-hybridized carbons (Fsp3) is 1.00. The molecule has 0 unspecified atom stereocenters. The molecule has 0 aromatic rings. The van der Waals surface area contributed by atoms with Gasteiger partial charge < -0.3 is 9.11 Å². The molecule has 0 bridgehead atoms. The van der Waals surface area contributed by atoms with Gasteiger partial charge >= 0.3 is 34.8 Å². The average Bonchev–Trinajstić information content (AvgIpc) is 1.19. The number of hydrogen-bond acceptors (Lipinski definition) is 4. The third-order valence-electron chi connectivity index (χ3n) is 0. The SMILES string of the molecule is O=S(=O)([O-])[O-].[CH3][Sb]([CH3])[CH3]. The van der Waals surface area contributed by atoms with Gasteiger partial charge in [0, 0.05) is 10.4 Å². The van der Waals surface area contributed by atoms with E-state index in [1.165, 1.54) is 0 Å². The van der Waals surface area contributed by atoms with Gasteiger partial charge in [-0.2, -0.15) is 0 Å². The topological polar surface area (TPSA) is 80.3 Å². The van der Waals surface area contributed by atoms with Crippen LogP contribution in [0.25, 0.3) is 0 Å². The summed E-state index contributed by atoms with van der Waals surface area (Å²) in [4.78, 5) is 7.05. The first-order valence-corrected chi connectivity index (χ1v) is 11.0. The molecular weight excluding hydrogens is 254 g/mol. The first kappa shape index (κ1) is 12.4. The Kier molecular flexibility index (Phi) is 7.52. The Balaban J connectivity index is 0. The molecule has 0 saturated heterocycles. The Bertz CT molecular complexity index is 127. The zero-order chi connectivity index (χ0) is 8.08. The zero-order valence-corrected chi connectivity index (χ0v) is 8.86. The molecule has 9 heavy (non-hydrogen) atoms. The molecule has 0 N–H and O–H groups in total. The van der Waals surface area contributed by atoms with E-state index in [1.54, 1.807) is 0 Å². The van der Waals surface area contributed by atoms with Gasteiger partial charge in [-0.05, 0) is 0 Å². The standard InChI is InChI=1S/3CH3.H2O4S.Sb/c;;;1-5(2,3)4;/h3*1H3;(H2,1,2,3,4);/p-2. The van der Waals surface area contributed by atoms with Crippen LogP contribution >= 0.6 is 0 Å². The van der Waals surface area contributed by atoms with Crippen molar-refractivity contribution in [3.8, 4) is 0 Å². The Labute approximate surface area is 62.8 Å². The average molecular weight is 263 g/mol. The second kappa shape index (κ2) is 5.47. The minimum absolute atomic E-state index is 0.450. The van der Waals surface area contributed by atoms with E-state index in [0.717, 1.165) is 0 Å². The summed E-state index contributed by atoms with van der Waals surface area (Å²) in [5.41, 5.74) is 0. The molecule has 0 rings (SSSR count). The first-order valence-electron chi connectivity index (χ1n) is 2.01. The van der Waals surface area contributed by atoms with E-state index in [4.69, 9.17) is 17.5 Å². The van der Waals surface area contributed by atoms with Gasteiger partial charge in [0.05, 0.1) is 0 Å². The fourth-order valence-electron chi connectivity index (χ4n) is 0. The summed E-state index contributed by atoms with van der Waals surface area (Å²) in [5.74, 6) is 0. The molecule has 58 valence electrons. The second-order valence-corrected chi connectivity index (χ2v) is 10.2. The molecule has 0 radical (unpaired) electrons. The van der Waals surface area contributed by atoms with Crippen LogP contribution in [0.1, 0.15) is 0 Å². The summed E-state index contributed by atoms with van der Waals surface area (Å²) in [7, 11) is -5.17.